The van der Waals surface area contributed by atoms with Crippen LogP contribution < -0.4 is 11.1 Å². The van der Waals surface area contributed by atoms with Gasteiger partial charge in [0.25, 0.3) is 0 Å². The van der Waals surface area contributed by atoms with Gasteiger partial charge in [-0.15, -0.1) is 0 Å². The van der Waals surface area contributed by atoms with Crippen molar-refractivity contribution in [1.82, 2.24) is 0 Å². The molecule has 0 heterocycles. The van der Waals surface area contributed by atoms with Crippen molar-refractivity contribution < 1.29 is 10.0 Å². The van der Waals surface area contributed by atoms with Crippen LogP contribution >= 0.6 is 23.2 Å². The average molecular weight is 290 g/mol. The predicted molar refractivity (Wildman–Crippen MR) is 72.3 cm³/mol. The molecule has 0 spiro atoms. The quantitative estimate of drug-likeness (QED) is 0.346. The maximum absolute atomic E-state index is 12.0. The summed E-state index contributed by atoms with van der Waals surface area (Å²) >= 11 is 11.7. The van der Waals surface area contributed by atoms with Gasteiger partial charge in [-0.25, -0.2) is 0 Å². The molecule has 18 heavy (non-hydrogen) atoms. The second kappa shape index (κ2) is 5.46. The fourth-order valence-electron chi connectivity index (χ4n) is 1.11. The number of nitrogens with one attached hydrogen (secondary N) is 1. The Morgan fingerprint density at radius 3 is 2.61 bits per heavy atom. The van der Waals surface area contributed by atoms with Gasteiger partial charge in [0, 0.05) is 5.02 Å². The third-order valence-corrected chi connectivity index (χ3v) is 3.06. The number of amidine groups is 1. The number of benzene rings is 1. The zero-order valence-corrected chi connectivity index (χ0v) is 11.4. The molecule has 0 saturated carbocycles. The monoisotopic (exact) mass is 289 g/mol. The maximum Gasteiger partial charge on any atom is 0.237 e. The van der Waals surface area contributed by atoms with Gasteiger partial charge in [0.05, 0.1) is 10.7 Å². The number of carbonyl (C=O) groups excluding carboxylic acids is 1. The third kappa shape index (κ3) is 3.05. The first kappa shape index (κ1) is 14.6. The van der Waals surface area contributed by atoms with Crippen LogP contribution in [0.2, 0.25) is 10.0 Å². The fourth-order valence-corrected chi connectivity index (χ4v) is 1.45. The smallest absolute Gasteiger partial charge is 0.237 e. The van der Waals surface area contributed by atoms with Crippen LogP contribution in [0.5, 0.6) is 0 Å². The van der Waals surface area contributed by atoms with Crippen molar-refractivity contribution in [3.05, 3.63) is 28.2 Å². The van der Waals surface area contributed by atoms with E-state index in [1.54, 1.807) is 12.1 Å². The molecule has 7 heteroatoms. The Morgan fingerprint density at radius 2 is 2.06 bits per heavy atom. The zero-order valence-electron chi connectivity index (χ0n) is 9.87. The average Bonchev–Trinajstić information content (AvgIpc) is 2.32. The Morgan fingerprint density at radius 1 is 1.44 bits per heavy atom. The minimum atomic E-state index is -1.17. The fraction of sp³-hybridized carbons (Fsp3) is 0.273. The molecule has 0 aliphatic heterocycles. The lowest BCUT2D eigenvalue weighted by atomic mass is 9.91. The minimum Gasteiger partial charge on any atom is -0.409 e. The van der Waals surface area contributed by atoms with Gasteiger partial charge in [-0.1, -0.05) is 28.4 Å². The molecule has 0 atom stereocenters. The van der Waals surface area contributed by atoms with Crippen LogP contribution in [0.4, 0.5) is 5.69 Å². The Labute approximate surface area is 115 Å². The molecule has 1 rings (SSSR count). The summed E-state index contributed by atoms with van der Waals surface area (Å²) in [5, 5.41) is 14.8. The molecular formula is C11H13Cl2N3O2. The van der Waals surface area contributed by atoms with E-state index in [4.69, 9.17) is 34.1 Å². The first-order valence-electron chi connectivity index (χ1n) is 5.03. The van der Waals surface area contributed by atoms with Crippen molar-refractivity contribution in [1.29, 1.82) is 0 Å². The van der Waals surface area contributed by atoms with Gasteiger partial charge in [-0.05, 0) is 32.0 Å². The van der Waals surface area contributed by atoms with Crippen molar-refractivity contribution in [2.75, 3.05) is 5.32 Å². The molecule has 4 N–H and O–H groups in total. The summed E-state index contributed by atoms with van der Waals surface area (Å²) in [6.45, 7) is 3.05. The lowest BCUT2D eigenvalue weighted by molar-refractivity contribution is -0.121. The summed E-state index contributed by atoms with van der Waals surface area (Å²) in [4.78, 5) is 12.0. The highest BCUT2D eigenvalue weighted by Gasteiger charge is 2.33. The van der Waals surface area contributed by atoms with Crippen LogP contribution in [0.3, 0.4) is 0 Å². The molecule has 0 aliphatic carbocycles. The number of nitrogens with zero attached hydrogens (tertiary/aromatic N) is 1. The first-order valence-corrected chi connectivity index (χ1v) is 5.79. The van der Waals surface area contributed by atoms with Crippen LogP contribution in [-0.4, -0.2) is 17.0 Å². The molecule has 1 amide bonds. The van der Waals surface area contributed by atoms with E-state index in [0.717, 1.165) is 0 Å². The van der Waals surface area contributed by atoms with Gasteiger partial charge in [-0.3, -0.25) is 4.79 Å². The van der Waals surface area contributed by atoms with E-state index in [2.05, 4.69) is 10.5 Å². The van der Waals surface area contributed by atoms with E-state index in [1.807, 2.05) is 0 Å². The van der Waals surface area contributed by atoms with E-state index in [-0.39, 0.29) is 5.84 Å². The van der Waals surface area contributed by atoms with Crippen LogP contribution in [0.1, 0.15) is 13.8 Å². The Balaban J connectivity index is 2.98. The highest BCUT2D eigenvalue weighted by Crippen LogP contribution is 2.27. The molecule has 98 valence electrons. The number of halogens is 2. The molecule has 0 fully saturated rings. The Bertz CT molecular complexity index is 501. The molecule has 1 aromatic rings. The molecule has 0 bridgehead atoms. The second-order valence-corrected chi connectivity index (χ2v) is 5.03. The number of hydrogen-bond donors (Lipinski definition) is 3. The van der Waals surface area contributed by atoms with E-state index >= 15 is 0 Å². The molecule has 1 aromatic carbocycles. The number of oxime groups is 1. The number of hydrogen-bond acceptors (Lipinski definition) is 3. The topological polar surface area (TPSA) is 87.7 Å². The van der Waals surface area contributed by atoms with Crippen molar-refractivity contribution in [3.63, 3.8) is 0 Å². The maximum atomic E-state index is 12.0. The summed E-state index contributed by atoms with van der Waals surface area (Å²) in [7, 11) is 0. The van der Waals surface area contributed by atoms with E-state index in [1.165, 1.54) is 19.9 Å². The van der Waals surface area contributed by atoms with Gasteiger partial charge in [0.1, 0.15) is 5.41 Å². The van der Waals surface area contributed by atoms with Crippen LogP contribution in [0.15, 0.2) is 23.4 Å². The van der Waals surface area contributed by atoms with Crippen molar-refractivity contribution in [3.8, 4) is 0 Å². The molecule has 5 nitrogen and oxygen atoms in total. The Kier molecular flexibility index (Phi) is 4.43. The molecular weight excluding hydrogens is 277 g/mol. The number of anilines is 1. The normalized spacial score (nSPS) is 12.3. The van der Waals surface area contributed by atoms with Crippen molar-refractivity contribution in [2.45, 2.75) is 13.8 Å². The van der Waals surface area contributed by atoms with E-state index < -0.39 is 11.3 Å². The molecule has 0 aromatic heterocycles. The summed E-state index contributed by atoms with van der Waals surface area (Å²) < 4.78 is 0. The van der Waals surface area contributed by atoms with Gasteiger partial charge in [-0.2, -0.15) is 0 Å². The first-order chi connectivity index (χ1) is 8.28. The van der Waals surface area contributed by atoms with E-state index in [9.17, 15) is 4.79 Å². The van der Waals surface area contributed by atoms with E-state index in [0.29, 0.717) is 15.7 Å². The van der Waals surface area contributed by atoms with Crippen LogP contribution in [0, 0.1) is 5.41 Å². The van der Waals surface area contributed by atoms with Crippen molar-refractivity contribution in [2.24, 2.45) is 16.3 Å². The van der Waals surface area contributed by atoms with Gasteiger partial charge in [0.2, 0.25) is 5.91 Å². The summed E-state index contributed by atoms with van der Waals surface area (Å²) in [5.41, 5.74) is 4.66. The summed E-state index contributed by atoms with van der Waals surface area (Å²) in [6.07, 6.45) is 0. The minimum absolute atomic E-state index is 0.196. The number of rotatable bonds is 3. The highest BCUT2D eigenvalue weighted by molar-refractivity contribution is 6.35. The summed E-state index contributed by atoms with van der Waals surface area (Å²) in [5.74, 6) is -0.653. The second-order valence-electron chi connectivity index (χ2n) is 4.19. The number of nitrogens with two attached hydrogens (primary N) is 1. The SMILES string of the molecule is CC(C)(C(=O)Nc1cc(Cl)ccc1Cl)C(N)=NO. The highest BCUT2D eigenvalue weighted by atomic mass is 35.5. The van der Waals surface area contributed by atoms with Gasteiger partial charge in [0.15, 0.2) is 5.84 Å². The molecule has 0 radical (unpaired) electrons. The lowest BCUT2D eigenvalue weighted by Crippen LogP contribution is -2.42. The van der Waals surface area contributed by atoms with Gasteiger partial charge < -0.3 is 16.3 Å². The van der Waals surface area contributed by atoms with Gasteiger partial charge >= 0.3 is 0 Å². The lowest BCUT2D eigenvalue weighted by Gasteiger charge is -2.22. The number of amides is 1. The Hall–Kier alpha value is -1.46. The largest absolute Gasteiger partial charge is 0.409 e. The standard InChI is InChI=1S/C11H13Cl2N3O2/c1-11(2,9(14)16-18)10(17)15-8-5-6(12)3-4-7(8)13/h3-5,18H,1-2H3,(H2,14,16)(H,15,17). The zero-order chi connectivity index (χ0) is 13.9. The molecule has 0 unspecified atom stereocenters. The summed E-state index contributed by atoms with van der Waals surface area (Å²) in [6, 6.07) is 4.69. The van der Waals surface area contributed by atoms with Crippen LogP contribution in [0.25, 0.3) is 0 Å². The molecule has 0 aliphatic rings. The molecule has 0 saturated heterocycles. The predicted octanol–water partition coefficient (Wildman–Crippen LogP) is 2.70. The van der Waals surface area contributed by atoms with Crippen LogP contribution in [-0.2, 0) is 4.79 Å². The van der Waals surface area contributed by atoms with Crippen molar-refractivity contribution >= 4 is 40.6 Å². The number of carbonyl (C=O) groups is 1. The third-order valence-electron chi connectivity index (χ3n) is 2.49.